The van der Waals surface area contributed by atoms with Gasteiger partial charge in [0.1, 0.15) is 24.1 Å². The van der Waals surface area contributed by atoms with Crippen LogP contribution in [0, 0.1) is 0 Å². The standard InChI is InChI=1S/C26H32N3O3/c1-28-16-17-29(20-28)15-9-8-14-25(30)32-23-18-24(27-19-23)26(31,21-10-4-2-5-11-21)22-12-6-3-7-13-22/h2-7,10-13,16-17,20,23-24,27,31H,8-9,14-15,18-19H2,1H3/q+1/t23-,24+/m1/s1. The third-order valence-electron chi connectivity index (χ3n) is 6.19. The van der Waals surface area contributed by atoms with Gasteiger partial charge in [-0.15, -0.1) is 0 Å². The highest BCUT2D eigenvalue weighted by Crippen LogP contribution is 2.37. The van der Waals surface area contributed by atoms with Crippen molar-refractivity contribution in [3.63, 3.8) is 0 Å². The van der Waals surface area contributed by atoms with Gasteiger partial charge in [0.15, 0.2) is 0 Å². The SMILES string of the molecule is C[n+]1ccn(CCCCC(=O)O[C@H]2CN[C@H](C(O)(c3ccccc3)c3ccccc3)C2)c1. The summed E-state index contributed by atoms with van der Waals surface area (Å²) in [5, 5.41) is 15.3. The molecule has 0 bridgehead atoms. The van der Waals surface area contributed by atoms with Crippen molar-refractivity contribution in [2.24, 2.45) is 7.05 Å². The second kappa shape index (κ2) is 10.1. The van der Waals surface area contributed by atoms with Crippen LogP contribution in [0.1, 0.15) is 36.8 Å². The number of nitrogens with zero attached hydrogens (tertiary/aromatic N) is 2. The van der Waals surface area contributed by atoms with Gasteiger partial charge in [-0.2, -0.15) is 0 Å². The fourth-order valence-corrected chi connectivity index (χ4v) is 4.51. The Balaban J connectivity index is 1.33. The molecule has 0 spiro atoms. The van der Waals surface area contributed by atoms with Crippen LogP contribution in [0.3, 0.4) is 0 Å². The molecule has 0 amide bonds. The highest BCUT2D eigenvalue weighted by Gasteiger charge is 2.44. The minimum Gasteiger partial charge on any atom is -0.461 e. The number of nitrogens with one attached hydrogen (secondary N) is 1. The number of esters is 1. The van der Waals surface area contributed by atoms with Gasteiger partial charge in [-0.05, 0) is 24.0 Å². The van der Waals surface area contributed by atoms with Crippen LogP contribution in [-0.2, 0) is 28.7 Å². The summed E-state index contributed by atoms with van der Waals surface area (Å²) in [6.45, 7) is 1.43. The second-order valence-corrected chi connectivity index (χ2v) is 8.58. The first-order valence-corrected chi connectivity index (χ1v) is 11.3. The van der Waals surface area contributed by atoms with Crippen molar-refractivity contribution in [2.45, 2.75) is 50.0 Å². The summed E-state index contributed by atoms with van der Waals surface area (Å²) in [4.78, 5) is 12.4. The largest absolute Gasteiger partial charge is 0.461 e. The number of hydrogen-bond donors (Lipinski definition) is 2. The van der Waals surface area contributed by atoms with Crippen LogP contribution in [0.5, 0.6) is 0 Å². The van der Waals surface area contributed by atoms with E-state index in [9.17, 15) is 9.90 Å². The van der Waals surface area contributed by atoms with Gasteiger partial charge in [0.25, 0.3) is 0 Å². The Labute approximate surface area is 189 Å². The van der Waals surface area contributed by atoms with Crippen molar-refractivity contribution >= 4 is 5.97 Å². The van der Waals surface area contributed by atoms with E-state index in [1.807, 2.05) is 91.0 Å². The van der Waals surface area contributed by atoms with E-state index >= 15 is 0 Å². The molecule has 2 heterocycles. The summed E-state index contributed by atoms with van der Waals surface area (Å²) >= 11 is 0. The maximum absolute atomic E-state index is 12.4. The zero-order valence-corrected chi connectivity index (χ0v) is 18.6. The Morgan fingerprint density at radius 3 is 2.38 bits per heavy atom. The molecule has 1 aromatic heterocycles. The normalized spacial score (nSPS) is 18.6. The predicted octanol–water partition coefficient (Wildman–Crippen LogP) is 2.69. The maximum atomic E-state index is 12.4. The molecule has 1 aliphatic rings. The topological polar surface area (TPSA) is 67.4 Å². The number of hydrogen-bond acceptors (Lipinski definition) is 4. The van der Waals surface area contributed by atoms with Crippen molar-refractivity contribution in [1.29, 1.82) is 0 Å². The minimum absolute atomic E-state index is 0.168. The molecule has 0 aliphatic carbocycles. The predicted molar refractivity (Wildman–Crippen MR) is 122 cm³/mol. The molecule has 2 atom stereocenters. The van der Waals surface area contributed by atoms with Gasteiger partial charge in [0.05, 0.1) is 13.6 Å². The molecule has 0 radical (unpaired) electrons. The molecule has 1 aliphatic heterocycles. The first-order chi connectivity index (χ1) is 15.6. The van der Waals surface area contributed by atoms with Crippen molar-refractivity contribution in [2.75, 3.05) is 6.54 Å². The molecule has 0 unspecified atom stereocenters. The van der Waals surface area contributed by atoms with Gasteiger partial charge in [-0.3, -0.25) is 4.79 Å². The number of rotatable bonds is 9. The van der Waals surface area contributed by atoms with Crippen LogP contribution >= 0.6 is 0 Å². The van der Waals surface area contributed by atoms with Gasteiger partial charge in [-0.1, -0.05) is 60.7 Å². The molecule has 32 heavy (non-hydrogen) atoms. The number of aromatic nitrogens is 2. The lowest BCUT2D eigenvalue weighted by atomic mass is 9.79. The Bertz CT molecular complexity index is 964. The Hall–Kier alpha value is -2.96. The average molecular weight is 435 g/mol. The van der Waals surface area contributed by atoms with Crippen LogP contribution in [0.25, 0.3) is 0 Å². The van der Waals surface area contributed by atoms with E-state index in [-0.39, 0.29) is 18.1 Å². The quantitative estimate of drug-likeness (QED) is 0.309. The van der Waals surface area contributed by atoms with Crippen LogP contribution in [-0.4, -0.2) is 34.3 Å². The first kappa shape index (κ1) is 22.2. The Morgan fingerprint density at radius 1 is 1.12 bits per heavy atom. The monoisotopic (exact) mass is 434 g/mol. The number of carbonyl (C=O) groups excluding carboxylic acids is 1. The zero-order valence-electron chi connectivity index (χ0n) is 18.6. The van der Waals surface area contributed by atoms with E-state index in [1.54, 1.807) is 0 Å². The molecular weight excluding hydrogens is 402 g/mol. The van der Waals surface area contributed by atoms with Gasteiger partial charge in [0, 0.05) is 25.4 Å². The number of ether oxygens (including phenoxy) is 1. The van der Waals surface area contributed by atoms with E-state index in [0.717, 1.165) is 30.5 Å². The van der Waals surface area contributed by atoms with Crippen molar-refractivity contribution in [3.05, 3.63) is 90.5 Å². The molecular formula is C26H32N3O3+. The molecule has 3 aromatic rings. The van der Waals surface area contributed by atoms with Gasteiger partial charge in [0.2, 0.25) is 6.33 Å². The maximum Gasteiger partial charge on any atom is 0.306 e. The lowest BCUT2D eigenvalue weighted by Gasteiger charge is -2.35. The van der Waals surface area contributed by atoms with Gasteiger partial charge >= 0.3 is 5.97 Å². The summed E-state index contributed by atoms with van der Waals surface area (Å²) < 4.78 is 9.86. The number of aryl methyl sites for hydroxylation is 2. The summed E-state index contributed by atoms with van der Waals surface area (Å²) in [5.41, 5.74) is 0.458. The summed E-state index contributed by atoms with van der Waals surface area (Å²) in [6.07, 6.45) is 8.52. The number of benzene rings is 2. The van der Waals surface area contributed by atoms with Crippen LogP contribution in [0.15, 0.2) is 79.4 Å². The summed E-state index contributed by atoms with van der Waals surface area (Å²) in [6, 6.07) is 19.1. The van der Waals surface area contributed by atoms with Crippen molar-refractivity contribution < 1.29 is 19.2 Å². The van der Waals surface area contributed by atoms with Gasteiger partial charge < -0.3 is 15.2 Å². The van der Waals surface area contributed by atoms with Gasteiger partial charge in [-0.25, -0.2) is 9.13 Å². The smallest absolute Gasteiger partial charge is 0.306 e. The lowest BCUT2D eigenvalue weighted by Crippen LogP contribution is -2.46. The number of imidazole rings is 1. The fraction of sp³-hybridized carbons (Fsp3) is 0.385. The Morgan fingerprint density at radius 2 is 1.78 bits per heavy atom. The highest BCUT2D eigenvalue weighted by molar-refractivity contribution is 5.69. The van der Waals surface area contributed by atoms with E-state index in [0.29, 0.717) is 19.4 Å². The fourth-order valence-electron chi connectivity index (χ4n) is 4.51. The third kappa shape index (κ3) is 5.09. The molecule has 2 aromatic carbocycles. The van der Waals surface area contributed by atoms with Crippen LogP contribution in [0.4, 0.5) is 0 Å². The van der Waals surface area contributed by atoms with Crippen molar-refractivity contribution in [3.8, 4) is 0 Å². The molecule has 0 saturated carbocycles. The van der Waals surface area contributed by atoms with E-state index in [4.69, 9.17) is 4.74 Å². The van der Waals surface area contributed by atoms with Crippen LogP contribution in [0.2, 0.25) is 0 Å². The highest BCUT2D eigenvalue weighted by atomic mass is 16.5. The molecule has 4 rings (SSSR count). The average Bonchev–Trinajstić information content (AvgIpc) is 3.46. The molecule has 2 N–H and O–H groups in total. The Kier molecular flexibility index (Phi) is 7.02. The first-order valence-electron chi connectivity index (χ1n) is 11.3. The minimum atomic E-state index is -1.20. The summed E-state index contributed by atoms with van der Waals surface area (Å²) in [7, 11) is 1.99. The summed E-state index contributed by atoms with van der Waals surface area (Å²) in [5.74, 6) is -0.168. The lowest BCUT2D eigenvalue weighted by molar-refractivity contribution is -0.671. The van der Waals surface area contributed by atoms with E-state index in [2.05, 4.69) is 9.88 Å². The second-order valence-electron chi connectivity index (χ2n) is 8.58. The van der Waals surface area contributed by atoms with E-state index in [1.165, 1.54) is 0 Å². The molecule has 6 nitrogen and oxygen atoms in total. The molecule has 1 fully saturated rings. The molecule has 6 heteroatoms. The van der Waals surface area contributed by atoms with Crippen molar-refractivity contribution in [1.82, 2.24) is 9.88 Å². The number of unbranched alkanes of at least 4 members (excludes halogenated alkanes) is 1. The molecule has 1 saturated heterocycles. The zero-order chi connectivity index (χ0) is 22.4. The number of aliphatic hydroxyl groups is 1. The van der Waals surface area contributed by atoms with E-state index < -0.39 is 5.60 Å². The molecule has 168 valence electrons. The third-order valence-corrected chi connectivity index (χ3v) is 6.19. The van der Waals surface area contributed by atoms with Crippen LogP contribution < -0.4 is 9.88 Å². The number of carbonyl (C=O) groups is 1.